The molecule has 1 fully saturated rings. The molecule has 2 N–H and O–H groups in total. The highest BCUT2D eigenvalue weighted by atomic mass is 16.2. The Labute approximate surface area is 144 Å². The normalized spacial score (nSPS) is 15.2. The molecule has 1 aliphatic heterocycles. The molecule has 0 aliphatic carbocycles. The van der Waals surface area contributed by atoms with Gasteiger partial charge in [0, 0.05) is 38.2 Å². The molecule has 2 rings (SSSR count). The number of amides is 2. The van der Waals surface area contributed by atoms with E-state index in [1.807, 2.05) is 40.1 Å². The lowest BCUT2D eigenvalue weighted by atomic mass is 10.1. The van der Waals surface area contributed by atoms with E-state index >= 15 is 0 Å². The molecular formula is C19H29N3O2. The summed E-state index contributed by atoms with van der Waals surface area (Å²) in [6.45, 7) is 3.45. The van der Waals surface area contributed by atoms with Crippen molar-refractivity contribution in [3.05, 3.63) is 35.9 Å². The number of benzene rings is 1. The Balaban J connectivity index is 1.77. The molecular weight excluding hydrogens is 302 g/mol. The molecule has 5 nitrogen and oxygen atoms in total. The number of carbonyl (C=O) groups is 2. The van der Waals surface area contributed by atoms with Crippen LogP contribution >= 0.6 is 0 Å². The van der Waals surface area contributed by atoms with Gasteiger partial charge in [-0.3, -0.25) is 9.59 Å². The van der Waals surface area contributed by atoms with Gasteiger partial charge < -0.3 is 15.5 Å². The van der Waals surface area contributed by atoms with Crippen molar-refractivity contribution < 1.29 is 9.59 Å². The third kappa shape index (κ3) is 5.64. The molecule has 0 unspecified atom stereocenters. The Hall–Kier alpha value is -1.88. The smallest absolute Gasteiger partial charge is 0.253 e. The molecule has 1 aromatic carbocycles. The van der Waals surface area contributed by atoms with E-state index in [0.29, 0.717) is 26.1 Å². The summed E-state index contributed by atoms with van der Waals surface area (Å²) in [6.07, 6.45) is 5.59. The van der Waals surface area contributed by atoms with Gasteiger partial charge in [-0.1, -0.05) is 31.0 Å². The third-order valence-electron chi connectivity index (χ3n) is 4.50. The maximum absolute atomic E-state index is 12.5. The van der Waals surface area contributed by atoms with Crippen LogP contribution in [0.5, 0.6) is 0 Å². The Morgan fingerprint density at radius 3 is 2.29 bits per heavy atom. The first-order chi connectivity index (χ1) is 11.7. The molecule has 0 spiro atoms. The largest absolute Gasteiger partial charge is 0.341 e. The van der Waals surface area contributed by atoms with Crippen molar-refractivity contribution in [2.45, 2.75) is 38.5 Å². The van der Waals surface area contributed by atoms with Crippen LogP contribution in [0.3, 0.4) is 0 Å². The van der Waals surface area contributed by atoms with Crippen molar-refractivity contribution in [3.8, 4) is 0 Å². The minimum atomic E-state index is 0.0617. The lowest BCUT2D eigenvalue weighted by Crippen LogP contribution is -2.37. The zero-order valence-corrected chi connectivity index (χ0v) is 14.5. The van der Waals surface area contributed by atoms with Crippen LogP contribution in [-0.2, 0) is 4.79 Å². The van der Waals surface area contributed by atoms with E-state index in [1.165, 1.54) is 0 Å². The molecule has 1 saturated heterocycles. The zero-order valence-electron chi connectivity index (χ0n) is 14.5. The molecule has 0 bridgehead atoms. The third-order valence-corrected chi connectivity index (χ3v) is 4.50. The summed E-state index contributed by atoms with van der Waals surface area (Å²) in [5.74, 6) is 0.281. The van der Waals surface area contributed by atoms with Crippen LogP contribution in [-0.4, -0.2) is 54.3 Å². The van der Waals surface area contributed by atoms with Gasteiger partial charge in [0.2, 0.25) is 5.91 Å². The summed E-state index contributed by atoms with van der Waals surface area (Å²) in [4.78, 5) is 28.6. The first-order valence-electron chi connectivity index (χ1n) is 9.04. The fourth-order valence-corrected chi connectivity index (χ4v) is 3.07. The topological polar surface area (TPSA) is 66.6 Å². The van der Waals surface area contributed by atoms with E-state index in [-0.39, 0.29) is 11.8 Å². The second-order valence-electron chi connectivity index (χ2n) is 6.35. The second-order valence-corrected chi connectivity index (χ2v) is 6.35. The average molecular weight is 331 g/mol. The van der Waals surface area contributed by atoms with E-state index in [9.17, 15) is 9.59 Å². The summed E-state index contributed by atoms with van der Waals surface area (Å²) >= 11 is 0. The Morgan fingerprint density at radius 1 is 0.875 bits per heavy atom. The standard InChI is InChI=1S/C19H29N3O2/c20-12-7-2-1-6-11-18(23)21-13-8-14-22(16-15-21)19(24)17-9-4-3-5-10-17/h3-5,9-10H,1-2,6-8,11-16,20H2. The molecule has 2 amide bonds. The molecule has 1 aliphatic rings. The van der Waals surface area contributed by atoms with E-state index in [2.05, 4.69) is 0 Å². The number of hydrogen-bond acceptors (Lipinski definition) is 3. The number of hydrogen-bond donors (Lipinski definition) is 1. The van der Waals surface area contributed by atoms with Crippen molar-refractivity contribution in [2.75, 3.05) is 32.7 Å². The molecule has 0 atom stereocenters. The van der Waals surface area contributed by atoms with Crippen LogP contribution in [0.15, 0.2) is 30.3 Å². The molecule has 24 heavy (non-hydrogen) atoms. The zero-order chi connectivity index (χ0) is 17.2. The van der Waals surface area contributed by atoms with Gasteiger partial charge in [0.1, 0.15) is 0 Å². The average Bonchev–Trinajstić information content (AvgIpc) is 2.88. The van der Waals surface area contributed by atoms with Crippen LogP contribution in [0.4, 0.5) is 0 Å². The number of rotatable bonds is 7. The Kier molecular flexibility index (Phi) is 7.75. The van der Waals surface area contributed by atoms with E-state index in [0.717, 1.165) is 50.8 Å². The maximum Gasteiger partial charge on any atom is 0.253 e. The summed E-state index contributed by atoms with van der Waals surface area (Å²) in [7, 11) is 0. The van der Waals surface area contributed by atoms with Gasteiger partial charge in [0.05, 0.1) is 0 Å². The van der Waals surface area contributed by atoms with Crippen molar-refractivity contribution in [1.82, 2.24) is 9.80 Å². The highest BCUT2D eigenvalue weighted by Gasteiger charge is 2.22. The van der Waals surface area contributed by atoms with Gasteiger partial charge in [0.15, 0.2) is 0 Å². The Bertz CT molecular complexity index is 519. The predicted molar refractivity (Wildman–Crippen MR) is 95.7 cm³/mol. The first-order valence-corrected chi connectivity index (χ1v) is 9.04. The van der Waals surface area contributed by atoms with Crippen molar-refractivity contribution in [2.24, 2.45) is 5.73 Å². The van der Waals surface area contributed by atoms with Gasteiger partial charge in [-0.15, -0.1) is 0 Å². The minimum absolute atomic E-state index is 0.0617. The summed E-state index contributed by atoms with van der Waals surface area (Å²) in [5.41, 5.74) is 6.20. The van der Waals surface area contributed by atoms with Crippen molar-refractivity contribution in [3.63, 3.8) is 0 Å². The molecule has 0 aromatic heterocycles. The lowest BCUT2D eigenvalue weighted by molar-refractivity contribution is -0.131. The first kappa shape index (κ1) is 18.5. The fourth-order valence-electron chi connectivity index (χ4n) is 3.07. The van der Waals surface area contributed by atoms with E-state index < -0.39 is 0 Å². The second kappa shape index (κ2) is 10.1. The molecule has 1 aromatic rings. The molecule has 0 saturated carbocycles. The monoisotopic (exact) mass is 331 g/mol. The van der Waals surface area contributed by atoms with Crippen LogP contribution in [0.25, 0.3) is 0 Å². The summed E-state index contributed by atoms with van der Waals surface area (Å²) in [6, 6.07) is 9.36. The number of nitrogens with zero attached hydrogens (tertiary/aromatic N) is 2. The van der Waals surface area contributed by atoms with Crippen LogP contribution in [0, 0.1) is 0 Å². The van der Waals surface area contributed by atoms with Gasteiger partial charge in [-0.05, 0) is 37.9 Å². The predicted octanol–water partition coefficient (Wildman–Crippen LogP) is 2.27. The lowest BCUT2D eigenvalue weighted by Gasteiger charge is -2.22. The summed E-state index contributed by atoms with van der Waals surface area (Å²) in [5, 5.41) is 0. The van der Waals surface area contributed by atoms with E-state index in [1.54, 1.807) is 0 Å². The highest BCUT2D eigenvalue weighted by Crippen LogP contribution is 2.11. The van der Waals surface area contributed by atoms with Crippen LogP contribution in [0.1, 0.15) is 48.9 Å². The van der Waals surface area contributed by atoms with Gasteiger partial charge in [-0.2, -0.15) is 0 Å². The van der Waals surface area contributed by atoms with Gasteiger partial charge in [-0.25, -0.2) is 0 Å². The molecule has 1 heterocycles. The van der Waals surface area contributed by atoms with Crippen LogP contribution < -0.4 is 5.73 Å². The fraction of sp³-hybridized carbons (Fsp3) is 0.579. The summed E-state index contributed by atoms with van der Waals surface area (Å²) < 4.78 is 0. The quantitative estimate of drug-likeness (QED) is 0.780. The molecule has 132 valence electrons. The molecule has 0 radical (unpaired) electrons. The van der Waals surface area contributed by atoms with Gasteiger partial charge in [0.25, 0.3) is 5.91 Å². The Morgan fingerprint density at radius 2 is 1.54 bits per heavy atom. The maximum atomic E-state index is 12.5. The SMILES string of the molecule is NCCCCCCC(=O)N1CCCN(C(=O)c2ccccc2)CC1. The number of carbonyl (C=O) groups excluding carboxylic acids is 2. The van der Waals surface area contributed by atoms with E-state index in [4.69, 9.17) is 5.73 Å². The number of unbranched alkanes of at least 4 members (excludes halogenated alkanes) is 3. The van der Waals surface area contributed by atoms with Crippen LogP contribution in [0.2, 0.25) is 0 Å². The van der Waals surface area contributed by atoms with Crippen molar-refractivity contribution in [1.29, 1.82) is 0 Å². The van der Waals surface area contributed by atoms with Crippen molar-refractivity contribution >= 4 is 11.8 Å². The minimum Gasteiger partial charge on any atom is -0.341 e. The molecule has 5 heteroatoms. The van der Waals surface area contributed by atoms with Gasteiger partial charge >= 0.3 is 0 Å². The number of nitrogens with two attached hydrogens (primary N) is 1. The highest BCUT2D eigenvalue weighted by molar-refractivity contribution is 5.94.